The number of amides is 1. The Balaban J connectivity index is 1.74. The lowest BCUT2D eigenvalue weighted by molar-refractivity contribution is 0.0716. The van der Waals surface area contributed by atoms with Crippen LogP contribution in [0.5, 0.6) is 0 Å². The predicted octanol–water partition coefficient (Wildman–Crippen LogP) is 5.18. The molecule has 0 saturated carbocycles. The summed E-state index contributed by atoms with van der Waals surface area (Å²) in [5.41, 5.74) is 2.95. The Hall–Kier alpha value is -3.44. The van der Waals surface area contributed by atoms with Crippen molar-refractivity contribution in [2.75, 3.05) is 27.2 Å². The molecule has 0 saturated heterocycles. The van der Waals surface area contributed by atoms with Crippen LogP contribution in [-0.2, 0) is 0 Å². The number of carbonyl (C=O) groups excluding carboxylic acids is 1. The van der Waals surface area contributed by atoms with E-state index in [1.54, 1.807) is 4.90 Å². The summed E-state index contributed by atoms with van der Waals surface area (Å²) in [5, 5.41) is 2.33. The van der Waals surface area contributed by atoms with Gasteiger partial charge >= 0.3 is 0 Å². The highest BCUT2D eigenvalue weighted by Gasteiger charge is 2.42. The molecule has 0 fully saturated rings. The largest absolute Gasteiger partial charge is 0.450 e. The van der Waals surface area contributed by atoms with Crippen molar-refractivity contribution in [3.05, 3.63) is 93.3 Å². The van der Waals surface area contributed by atoms with Gasteiger partial charge in [0.05, 0.1) is 17.0 Å². The van der Waals surface area contributed by atoms with Gasteiger partial charge in [0.2, 0.25) is 5.76 Å². The van der Waals surface area contributed by atoms with Crippen LogP contribution in [0.25, 0.3) is 21.7 Å². The number of fused-ring (bicyclic) bond motifs is 4. The summed E-state index contributed by atoms with van der Waals surface area (Å²) in [6, 6.07) is 19.3. The molecule has 5 rings (SSSR count). The minimum atomic E-state index is -0.458. The highest BCUT2D eigenvalue weighted by Crippen LogP contribution is 2.39. The summed E-state index contributed by atoms with van der Waals surface area (Å²) in [4.78, 5) is 31.2. The van der Waals surface area contributed by atoms with Gasteiger partial charge in [-0.1, -0.05) is 68.4 Å². The van der Waals surface area contributed by atoms with Gasteiger partial charge in [0, 0.05) is 18.5 Å². The Kier molecular flexibility index (Phi) is 5.29. The third-order valence-electron chi connectivity index (χ3n) is 6.56. The first-order valence-electron chi connectivity index (χ1n) is 11.4. The van der Waals surface area contributed by atoms with E-state index in [1.165, 1.54) is 5.56 Å². The topological polar surface area (TPSA) is 53.8 Å². The summed E-state index contributed by atoms with van der Waals surface area (Å²) in [7, 11) is 3.95. The standard InChI is InChI=1S/C28H28N2O3/c1-17(2)18-9-11-20(12-10-18)24-23-25(31)22-14-13-19-7-5-6-8-21(19)26(22)33-27(23)28(32)30(24)16-15-29(3)4/h5-14,17,24H,15-16H2,1-4H3. The van der Waals surface area contributed by atoms with E-state index < -0.39 is 6.04 Å². The maximum Gasteiger partial charge on any atom is 0.290 e. The first-order valence-corrected chi connectivity index (χ1v) is 11.4. The fraction of sp³-hybridized carbons (Fsp3) is 0.286. The van der Waals surface area contributed by atoms with E-state index >= 15 is 0 Å². The van der Waals surface area contributed by atoms with Crippen molar-refractivity contribution in [3.63, 3.8) is 0 Å². The molecule has 1 amide bonds. The summed E-state index contributed by atoms with van der Waals surface area (Å²) in [6.07, 6.45) is 0. The molecular weight excluding hydrogens is 412 g/mol. The first-order chi connectivity index (χ1) is 15.9. The van der Waals surface area contributed by atoms with E-state index in [4.69, 9.17) is 4.42 Å². The van der Waals surface area contributed by atoms with E-state index in [1.807, 2.05) is 67.5 Å². The molecule has 4 aromatic rings. The fourth-order valence-electron chi connectivity index (χ4n) is 4.70. The molecule has 1 aliphatic rings. The summed E-state index contributed by atoms with van der Waals surface area (Å²) >= 11 is 0. The van der Waals surface area contributed by atoms with Crippen molar-refractivity contribution in [1.82, 2.24) is 9.80 Å². The lowest BCUT2D eigenvalue weighted by Gasteiger charge is -2.26. The van der Waals surface area contributed by atoms with E-state index in [2.05, 4.69) is 26.0 Å². The lowest BCUT2D eigenvalue weighted by Crippen LogP contribution is -2.35. The molecule has 3 aromatic carbocycles. The maximum absolute atomic E-state index is 13.8. The van der Waals surface area contributed by atoms with E-state index in [9.17, 15) is 9.59 Å². The van der Waals surface area contributed by atoms with Gasteiger partial charge in [0.25, 0.3) is 5.91 Å². The average Bonchev–Trinajstić information content (AvgIpc) is 3.09. The minimum Gasteiger partial charge on any atom is -0.450 e. The number of rotatable bonds is 5. The molecule has 0 spiro atoms. The highest BCUT2D eigenvalue weighted by molar-refractivity contribution is 6.06. The number of likely N-dealkylation sites (N-methyl/N-ethyl adjacent to an activating group) is 1. The third kappa shape index (κ3) is 3.53. The van der Waals surface area contributed by atoms with Crippen molar-refractivity contribution in [3.8, 4) is 0 Å². The molecule has 2 heterocycles. The van der Waals surface area contributed by atoms with Gasteiger partial charge in [-0.2, -0.15) is 0 Å². The van der Waals surface area contributed by atoms with Gasteiger partial charge in [-0.05, 0) is 42.6 Å². The third-order valence-corrected chi connectivity index (χ3v) is 6.56. The van der Waals surface area contributed by atoms with Crippen LogP contribution in [0.1, 0.15) is 53.1 Å². The molecular formula is C28H28N2O3. The summed E-state index contributed by atoms with van der Waals surface area (Å²) in [5.74, 6) is 0.348. The van der Waals surface area contributed by atoms with Gasteiger partial charge in [-0.15, -0.1) is 0 Å². The minimum absolute atomic E-state index is 0.129. The molecule has 5 nitrogen and oxygen atoms in total. The van der Waals surface area contributed by atoms with Crippen LogP contribution < -0.4 is 5.43 Å². The predicted molar refractivity (Wildman–Crippen MR) is 132 cm³/mol. The second-order valence-electron chi connectivity index (χ2n) is 9.36. The van der Waals surface area contributed by atoms with Gasteiger partial charge in [-0.25, -0.2) is 0 Å². The second-order valence-corrected chi connectivity index (χ2v) is 9.36. The van der Waals surface area contributed by atoms with Crippen LogP contribution in [0, 0.1) is 0 Å². The van der Waals surface area contributed by atoms with Crippen molar-refractivity contribution in [2.45, 2.75) is 25.8 Å². The van der Waals surface area contributed by atoms with Crippen LogP contribution in [0.15, 0.2) is 69.9 Å². The average molecular weight is 441 g/mol. The van der Waals surface area contributed by atoms with Crippen LogP contribution in [0.2, 0.25) is 0 Å². The number of nitrogens with zero attached hydrogens (tertiary/aromatic N) is 2. The monoisotopic (exact) mass is 440 g/mol. The van der Waals surface area contributed by atoms with Crippen LogP contribution in [-0.4, -0.2) is 42.9 Å². The quantitative estimate of drug-likeness (QED) is 0.402. The number of carbonyl (C=O) groups is 1. The van der Waals surface area contributed by atoms with Gasteiger partial charge in [0.1, 0.15) is 5.58 Å². The summed E-state index contributed by atoms with van der Waals surface area (Å²) < 4.78 is 6.26. The Labute approximate surface area is 193 Å². The molecule has 168 valence electrons. The molecule has 0 bridgehead atoms. The molecule has 1 unspecified atom stereocenters. The molecule has 33 heavy (non-hydrogen) atoms. The van der Waals surface area contributed by atoms with Crippen molar-refractivity contribution in [1.29, 1.82) is 0 Å². The van der Waals surface area contributed by atoms with E-state index in [0.717, 1.165) is 16.3 Å². The van der Waals surface area contributed by atoms with Crippen LogP contribution in [0.4, 0.5) is 0 Å². The second kappa shape index (κ2) is 8.16. The fourth-order valence-corrected chi connectivity index (χ4v) is 4.70. The summed E-state index contributed by atoms with van der Waals surface area (Å²) in [6.45, 7) is 5.50. The van der Waals surface area contributed by atoms with Gasteiger partial charge < -0.3 is 14.2 Å². The van der Waals surface area contributed by atoms with Crippen LogP contribution in [0.3, 0.4) is 0 Å². The zero-order valence-corrected chi connectivity index (χ0v) is 19.5. The smallest absolute Gasteiger partial charge is 0.290 e. The first kappa shape index (κ1) is 21.4. The van der Waals surface area contributed by atoms with E-state index in [0.29, 0.717) is 35.5 Å². The molecule has 1 aromatic heterocycles. The number of hydrogen-bond donors (Lipinski definition) is 0. The maximum atomic E-state index is 13.8. The van der Waals surface area contributed by atoms with E-state index in [-0.39, 0.29) is 17.1 Å². The zero-order chi connectivity index (χ0) is 23.3. The van der Waals surface area contributed by atoms with Crippen molar-refractivity contribution >= 4 is 27.6 Å². The molecule has 1 atom stereocenters. The Bertz CT molecular complexity index is 1420. The van der Waals surface area contributed by atoms with Crippen molar-refractivity contribution in [2.24, 2.45) is 0 Å². The van der Waals surface area contributed by atoms with Gasteiger partial charge in [0.15, 0.2) is 5.43 Å². The molecule has 0 radical (unpaired) electrons. The SMILES string of the molecule is CC(C)c1ccc(C2c3c(oc4c(ccc5ccccc54)c3=O)C(=O)N2CCN(C)C)cc1. The highest BCUT2D eigenvalue weighted by atomic mass is 16.3. The number of hydrogen-bond acceptors (Lipinski definition) is 4. The molecule has 0 aliphatic carbocycles. The number of benzene rings is 3. The Morgan fingerprint density at radius 2 is 1.67 bits per heavy atom. The lowest BCUT2D eigenvalue weighted by atomic mass is 9.95. The zero-order valence-electron chi connectivity index (χ0n) is 19.5. The van der Waals surface area contributed by atoms with Crippen molar-refractivity contribution < 1.29 is 9.21 Å². The van der Waals surface area contributed by atoms with Crippen LogP contribution >= 0.6 is 0 Å². The Morgan fingerprint density at radius 3 is 2.36 bits per heavy atom. The molecule has 1 aliphatic heterocycles. The van der Waals surface area contributed by atoms with Gasteiger partial charge in [-0.3, -0.25) is 9.59 Å². The molecule has 0 N–H and O–H groups in total. The normalized spacial score (nSPS) is 15.9. The molecule has 5 heteroatoms. The Morgan fingerprint density at radius 1 is 0.939 bits per heavy atom.